The zero-order chi connectivity index (χ0) is 20.8. The van der Waals surface area contributed by atoms with Gasteiger partial charge in [-0.05, 0) is 30.3 Å². The van der Waals surface area contributed by atoms with Crippen LogP contribution in [-0.2, 0) is 14.3 Å². The molecule has 3 N–H and O–H groups in total. The number of nitrogens with one attached hydrogen (secondary N) is 3. The summed E-state index contributed by atoms with van der Waals surface area (Å²) in [5.74, 6) is -0.184. The van der Waals surface area contributed by atoms with Crippen molar-refractivity contribution in [3.8, 4) is 11.5 Å². The molecule has 0 saturated carbocycles. The number of hydrogen-bond donors (Lipinski definition) is 3. The van der Waals surface area contributed by atoms with Crippen molar-refractivity contribution in [2.45, 2.75) is 0 Å². The normalized spacial score (nSPS) is 10.8. The molecular weight excluding hydrogens is 378 g/mol. The topological polar surface area (TPSA) is 123 Å². The number of hydrogen-bond acceptors (Lipinski definition) is 6. The highest BCUT2D eigenvalue weighted by molar-refractivity contribution is 5.96. The van der Waals surface area contributed by atoms with Gasteiger partial charge < -0.3 is 29.5 Å². The number of H-pyrrole nitrogens is 2. The molecule has 0 fully saturated rings. The van der Waals surface area contributed by atoms with Crippen molar-refractivity contribution >= 4 is 34.7 Å². The van der Waals surface area contributed by atoms with Gasteiger partial charge in [-0.3, -0.25) is 4.79 Å². The number of methoxy groups -OCH3 is 2. The molecule has 0 spiro atoms. The zero-order valence-corrected chi connectivity index (χ0v) is 15.8. The van der Waals surface area contributed by atoms with Gasteiger partial charge in [0.15, 0.2) is 18.1 Å². The number of ether oxygens (including phenoxy) is 3. The lowest BCUT2D eigenvalue weighted by molar-refractivity contribution is -0.142. The Morgan fingerprint density at radius 1 is 1.07 bits per heavy atom. The fourth-order valence-corrected chi connectivity index (χ4v) is 2.69. The number of anilines is 1. The third-order valence-corrected chi connectivity index (χ3v) is 3.98. The van der Waals surface area contributed by atoms with Crippen molar-refractivity contribution in [2.75, 3.05) is 26.1 Å². The average Bonchev–Trinajstić information content (AvgIpc) is 3.09. The van der Waals surface area contributed by atoms with E-state index in [1.54, 1.807) is 36.4 Å². The molecule has 0 radical (unpaired) electrons. The summed E-state index contributed by atoms with van der Waals surface area (Å²) in [6.07, 6.45) is 2.71. The fraction of sp³-hybridized carbons (Fsp3) is 0.150. The summed E-state index contributed by atoms with van der Waals surface area (Å²) in [4.78, 5) is 40.4. The maximum atomic E-state index is 12.0. The zero-order valence-electron chi connectivity index (χ0n) is 15.8. The predicted octanol–water partition coefficient (Wildman–Crippen LogP) is 2.07. The van der Waals surface area contributed by atoms with E-state index in [2.05, 4.69) is 15.3 Å². The van der Waals surface area contributed by atoms with Crippen LogP contribution in [-0.4, -0.2) is 42.7 Å². The molecule has 0 bridgehead atoms. The Kier molecular flexibility index (Phi) is 5.98. The van der Waals surface area contributed by atoms with Crippen LogP contribution < -0.4 is 20.5 Å². The molecule has 0 atom stereocenters. The highest BCUT2D eigenvalue weighted by Gasteiger charge is 2.09. The Morgan fingerprint density at radius 3 is 2.62 bits per heavy atom. The molecule has 1 amide bonds. The van der Waals surface area contributed by atoms with Gasteiger partial charge in [-0.15, -0.1) is 0 Å². The van der Waals surface area contributed by atoms with Gasteiger partial charge in [0.05, 0.1) is 25.3 Å². The summed E-state index contributed by atoms with van der Waals surface area (Å²) in [5.41, 5.74) is 1.93. The number of rotatable bonds is 7. The van der Waals surface area contributed by atoms with E-state index in [1.807, 2.05) is 0 Å². The Bertz CT molecular complexity index is 1130. The molecule has 1 heterocycles. The van der Waals surface area contributed by atoms with Crippen molar-refractivity contribution in [1.82, 2.24) is 9.97 Å². The second kappa shape index (κ2) is 8.79. The van der Waals surface area contributed by atoms with Crippen molar-refractivity contribution < 1.29 is 23.8 Å². The van der Waals surface area contributed by atoms with Crippen molar-refractivity contribution in [2.24, 2.45) is 0 Å². The van der Waals surface area contributed by atoms with Crippen LogP contribution in [0.25, 0.3) is 17.1 Å². The van der Waals surface area contributed by atoms with E-state index in [-0.39, 0.29) is 5.69 Å². The van der Waals surface area contributed by atoms with E-state index in [0.29, 0.717) is 33.8 Å². The monoisotopic (exact) mass is 397 g/mol. The number of aromatic amines is 2. The van der Waals surface area contributed by atoms with Crippen LogP contribution in [0.5, 0.6) is 11.5 Å². The second-order valence-electron chi connectivity index (χ2n) is 5.91. The van der Waals surface area contributed by atoms with Crippen LogP contribution in [0, 0.1) is 0 Å². The first-order valence-electron chi connectivity index (χ1n) is 8.58. The number of carbonyl (C=O) groups excluding carboxylic acids is 2. The number of carbonyl (C=O) groups is 2. The molecule has 0 aliphatic rings. The first-order valence-corrected chi connectivity index (χ1v) is 8.58. The van der Waals surface area contributed by atoms with Crippen LogP contribution in [0.3, 0.4) is 0 Å². The molecule has 29 heavy (non-hydrogen) atoms. The Hall–Kier alpha value is -4.01. The summed E-state index contributed by atoms with van der Waals surface area (Å²) in [6.45, 7) is -0.458. The van der Waals surface area contributed by atoms with E-state index >= 15 is 0 Å². The largest absolute Gasteiger partial charge is 0.493 e. The summed E-state index contributed by atoms with van der Waals surface area (Å²) >= 11 is 0. The van der Waals surface area contributed by atoms with Gasteiger partial charge in [-0.1, -0.05) is 12.1 Å². The minimum atomic E-state index is -0.685. The Labute approximate surface area is 165 Å². The number of aromatic nitrogens is 2. The van der Waals surface area contributed by atoms with Crippen LogP contribution >= 0.6 is 0 Å². The first kappa shape index (κ1) is 19.7. The van der Waals surface area contributed by atoms with Gasteiger partial charge in [-0.2, -0.15) is 0 Å². The molecule has 0 aliphatic carbocycles. The van der Waals surface area contributed by atoms with Gasteiger partial charge in [0, 0.05) is 17.3 Å². The Balaban J connectivity index is 1.56. The maximum absolute atomic E-state index is 12.0. The van der Waals surface area contributed by atoms with Crippen LogP contribution in [0.2, 0.25) is 0 Å². The van der Waals surface area contributed by atoms with Gasteiger partial charge in [-0.25, -0.2) is 9.59 Å². The van der Waals surface area contributed by atoms with E-state index in [1.165, 1.54) is 26.4 Å². The molecule has 0 saturated heterocycles. The number of benzene rings is 2. The van der Waals surface area contributed by atoms with E-state index in [9.17, 15) is 14.4 Å². The number of imidazole rings is 1. The third-order valence-electron chi connectivity index (χ3n) is 3.98. The lowest BCUT2D eigenvalue weighted by atomic mass is 10.1. The maximum Gasteiger partial charge on any atom is 0.331 e. The third kappa shape index (κ3) is 4.83. The molecule has 3 aromatic rings. The van der Waals surface area contributed by atoms with Gasteiger partial charge in [0.1, 0.15) is 0 Å². The molecule has 9 heteroatoms. The molecule has 9 nitrogen and oxygen atoms in total. The lowest BCUT2D eigenvalue weighted by Gasteiger charge is -2.09. The Morgan fingerprint density at radius 2 is 1.86 bits per heavy atom. The molecule has 0 unspecified atom stereocenters. The highest BCUT2D eigenvalue weighted by atomic mass is 16.5. The number of amides is 1. The quantitative estimate of drug-likeness (QED) is 0.414. The van der Waals surface area contributed by atoms with Gasteiger partial charge >= 0.3 is 11.7 Å². The van der Waals surface area contributed by atoms with Crippen molar-refractivity contribution in [3.63, 3.8) is 0 Å². The SMILES string of the molecule is COc1cccc(/C=C/C(=O)OCC(=O)Nc2ccc3[nH]c(=O)[nH]c3c2)c1OC. The van der Waals surface area contributed by atoms with Gasteiger partial charge in [0.2, 0.25) is 0 Å². The smallest absolute Gasteiger partial charge is 0.331 e. The first-order chi connectivity index (χ1) is 14.0. The predicted molar refractivity (Wildman–Crippen MR) is 107 cm³/mol. The van der Waals surface area contributed by atoms with E-state index < -0.39 is 18.5 Å². The second-order valence-corrected chi connectivity index (χ2v) is 5.91. The molecule has 150 valence electrons. The minimum absolute atomic E-state index is 0.336. The van der Waals surface area contributed by atoms with Crippen molar-refractivity contribution in [3.05, 3.63) is 58.5 Å². The molecule has 1 aromatic heterocycles. The molecular formula is C20H19N3O6. The number of fused-ring (bicyclic) bond motifs is 1. The van der Waals surface area contributed by atoms with Crippen LogP contribution in [0.4, 0.5) is 5.69 Å². The summed E-state index contributed by atoms with van der Waals surface area (Å²) < 4.78 is 15.4. The van der Waals surface area contributed by atoms with Crippen molar-refractivity contribution in [1.29, 1.82) is 0 Å². The number of para-hydroxylation sites is 1. The van der Waals surface area contributed by atoms with E-state index in [4.69, 9.17) is 14.2 Å². The summed E-state index contributed by atoms with van der Waals surface area (Å²) in [7, 11) is 3.02. The van der Waals surface area contributed by atoms with Crippen LogP contribution in [0.1, 0.15) is 5.56 Å². The minimum Gasteiger partial charge on any atom is -0.493 e. The lowest BCUT2D eigenvalue weighted by Crippen LogP contribution is -2.20. The average molecular weight is 397 g/mol. The molecule has 2 aromatic carbocycles. The molecule has 0 aliphatic heterocycles. The highest BCUT2D eigenvalue weighted by Crippen LogP contribution is 2.31. The fourth-order valence-electron chi connectivity index (χ4n) is 2.69. The molecule has 3 rings (SSSR count). The van der Waals surface area contributed by atoms with Gasteiger partial charge in [0.25, 0.3) is 5.91 Å². The van der Waals surface area contributed by atoms with Crippen LogP contribution in [0.15, 0.2) is 47.3 Å². The van der Waals surface area contributed by atoms with E-state index in [0.717, 1.165) is 0 Å². The summed E-state index contributed by atoms with van der Waals surface area (Å²) in [6, 6.07) is 10.1. The standard InChI is InChI=1S/C20H19N3O6/c1-27-16-5-3-4-12(19(16)28-2)6-9-18(25)29-11-17(24)21-13-7-8-14-15(10-13)23-20(26)22-14/h3-10H,11H2,1-2H3,(H,21,24)(H2,22,23,26)/b9-6+. The summed E-state index contributed by atoms with van der Waals surface area (Å²) in [5, 5.41) is 2.59. The number of esters is 1.